The molecule has 6 nitrogen and oxygen atoms in total. The minimum absolute atomic E-state index is 0.0636. The van der Waals surface area contributed by atoms with Crippen LogP contribution in [0, 0.1) is 0 Å². The molecule has 1 N–H and O–H groups in total. The number of methoxy groups -OCH3 is 1. The number of ether oxygens (including phenoxy) is 2. The van der Waals surface area contributed by atoms with E-state index in [0.29, 0.717) is 19.0 Å². The quantitative estimate of drug-likeness (QED) is 0.907. The molecular formula is C19H23N3O3. The number of hydrogen-bond donors (Lipinski definition) is 1. The number of piperidine rings is 1. The van der Waals surface area contributed by atoms with Crippen molar-refractivity contribution in [2.45, 2.75) is 25.5 Å². The monoisotopic (exact) mass is 341 g/mol. The molecule has 0 bridgehead atoms. The standard InChI is InChI=1S/C19H23N3O3/c1-24-17-8-5-11-22(14-17)19(23)21-13-15-9-10-18(20-12-15)25-16-6-3-2-4-7-16/h2-4,6-7,9-10,12,17H,5,8,11,13-14H2,1H3,(H,21,23)/t17-/m1/s1. The number of urea groups is 1. The van der Waals surface area contributed by atoms with Crippen LogP contribution in [-0.4, -0.2) is 42.2 Å². The Morgan fingerprint density at radius 2 is 2.12 bits per heavy atom. The van der Waals surface area contributed by atoms with Crippen LogP contribution in [0.1, 0.15) is 18.4 Å². The highest BCUT2D eigenvalue weighted by atomic mass is 16.5. The van der Waals surface area contributed by atoms with Crippen molar-refractivity contribution in [2.75, 3.05) is 20.2 Å². The number of para-hydroxylation sites is 1. The number of nitrogens with one attached hydrogen (secondary N) is 1. The molecule has 0 saturated carbocycles. The average Bonchev–Trinajstić information content (AvgIpc) is 2.68. The second-order valence-corrected chi connectivity index (χ2v) is 6.02. The van der Waals surface area contributed by atoms with E-state index in [2.05, 4.69) is 10.3 Å². The molecule has 132 valence electrons. The topological polar surface area (TPSA) is 63.7 Å². The number of benzene rings is 1. The lowest BCUT2D eigenvalue weighted by Gasteiger charge is -2.31. The molecule has 0 radical (unpaired) electrons. The van der Waals surface area contributed by atoms with E-state index in [9.17, 15) is 4.79 Å². The van der Waals surface area contributed by atoms with E-state index < -0.39 is 0 Å². The summed E-state index contributed by atoms with van der Waals surface area (Å²) < 4.78 is 11.0. The molecule has 1 aliphatic rings. The Labute approximate surface area is 147 Å². The van der Waals surface area contributed by atoms with Crippen molar-refractivity contribution in [3.05, 3.63) is 54.2 Å². The number of carbonyl (C=O) groups is 1. The lowest BCUT2D eigenvalue weighted by molar-refractivity contribution is 0.0434. The van der Waals surface area contributed by atoms with Gasteiger partial charge in [-0.2, -0.15) is 0 Å². The lowest BCUT2D eigenvalue weighted by Crippen LogP contribution is -2.47. The van der Waals surface area contributed by atoms with Gasteiger partial charge in [-0.25, -0.2) is 9.78 Å². The highest BCUT2D eigenvalue weighted by molar-refractivity contribution is 5.74. The number of nitrogens with zero attached hydrogens (tertiary/aromatic N) is 2. The van der Waals surface area contributed by atoms with Crippen molar-refractivity contribution in [3.8, 4) is 11.6 Å². The molecule has 3 rings (SSSR count). The van der Waals surface area contributed by atoms with Crippen molar-refractivity contribution in [3.63, 3.8) is 0 Å². The van der Waals surface area contributed by atoms with E-state index in [1.165, 1.54) is 0 Å². The van der Waals surface area contributed by atoms with Crippen molar-refractivity contribution >= 4 is 6.03 Å². The summed E-state index contributed by atoms with van der Waals surface area (Å²) in [6.45, 7) is 1.85. The number of aromatic nitrogens is 1. The largest absolute Gasteiger partial charge is 0.439 e. The Bertz CT molecular complexity index is 676. The van der Waals surface area contributed by atoms with Crippen LogP contribution in [0.15, 0.2) is 48.7 Å². The van der Waals surface area contributed by atoms with E-state index in [0.717, 1.165) is 30.7 Å². The fraction of sp³-hybridized carbons (Fsp3) is 0.368. The van der Waals surface area contributed by atoms with Crippen molar-refractivity contribution in [1.29, 1.82) is 0 Å². The molecule has 1 atom stereocenters. The zero-order valence-electron chi connectivity index (χ0n) is 14.4. The van der Waals surface area contributed by atoms with Gasteiger partial charge in [-0.3, -0.25) is 0 Å². The average molecular weight is 341 g/mol. The van der Waals surface area contributed by atoms with Crippen LogP contribution in [-0.2, 0) is 11.3 Å². The Morgan fingerprint density at radius 1 is 1.28 bits per heavy atom. The van der Waals surface area contributed by atoms with Crippen molar-refractivity contribution < 1.29 is 14.3 Å². The van der Waals surface area contributed by atoms with E-state index in [4.69, 9.17) is 9.47 Å². The highest BCUT2D eigenvalue weighted by Crippen LogP contribution is 2.18. The molecule has 1 fully saturated rings. The first-order valence-electron chi connectivity index (χ1n) is 8.48. The number of hydrogen-bond acceptors (Lipinski definition) is 4. The predicted octanol–water partition coefficient (Wildman–Crippen LogP) is 3.19. The number of rotatable bonds is 5. The summed E-state index contributed by atoms with van der Waals surface area (Å²) in [5.41, 5.74) is 0.925. The van der Waals surface area contributed by atoms with Crippen LogP contribution in [0.3, 0.4) is 0 Å². The van der Waals surface area contributed by atoms with Crippen molar-refractivity contribution in [1.82, 2.24) is 15.2 Å². The van der Waals surface area contributed by atoms with Gasteiger partial charge in [0, 0.05) is 39.0 Å². The molecule has 1 saturated heterocycles. The summed E-state index contributed by atoms with van der Waals surface area (Å²) in [6.07, 6.45) is 3.83. The van der Waals surface area contributed by atoms with E-state index in [1.807, 2.05) is 36.4 Å². The molecular weight excluding hydrogens is 318 g/mol. The van der Waals surface area contributed by atoms with Gasteiger partial charge >= 0.3 is 6.03 Å². The van der Waals surface area contributed by atoms with Crippen LogP contribution in [0.25, 0.3) is 0 Å². The number of likely N-dealkylation sites (tertiary alicyclic amines) is 1. The van der Waals surface area contributed by atoms with Crippen LogP contribution < -0.4 is 10.1 Å². The minimum atomic E-state index is -0.0636. The van der Waals surface area contributed by atoms with E-state index in [1.54, 1.807) is 24.3 Å². The summed E-state index contributed by atoms with van der Waals surface area (Å²) in [5, 5.41) is 2.93. The SMILES string of the molecule is CO[C@@H]1CCCN(C(=O)NCc2ccc(Oc3ccccc3)nc2)C1. The maximum Gasteiger partial charge on any atom is 0.317 e. The lowest BCUT2D eigenvalue weighted by atomic mass is 10.1. The van der Waals surface area contributed by atoms with E-state index in [-0.39, 0.29) is 12.1 Å². The van der Waals surface area contributed by atoms with Gasteiger partial charge in [0.1, 0.15) is 5.75 Å². The summed E-state index contributed by atoms with van der Waals surface area (Å²) in [6, 6.07) is 13.1. The Morgan fingerprint density at radius 3 is 2.84 bits per heavy atom. The molecule has 6 heteroatoms. The highest BCUT2D eigenvalue weighted by Gasteiger charge is 2.23. The molecule has 0 unspecified atom stereocenters. The molecule has 1 aromatic carbocycles. The third-order valence-corrected chi connectivity index (χ3v) is 4.21. The van der Waals surface area contributed by atoms with Gasteiger partial charge in [-0.05, 0) is 30.5 Å². The Hall–Kier alpha value is -2.60. The van der Waals surface area contributed by atoms with Crippen LogP contribution in [0.4, 0.5) is 4.79 Å². The molecule has 0 aliphatic carbocycles. The maximum atomic E-state index is 12.3. The summed E-state index contributed by atoms with van der Waals surface area (Å²) in [7, 11) is 1.69. The fourth-order valence-corrected chi connectivity index (χ4v) is 2.79. The van der Waals surface area contributed by atoms with E-state index >= 15 is 0 Å². The first-order valence-corrected chi connectivity index (χ1v) is 8.48. The number of pyridine rings is 1. The van der Waals surface area contributed by atoms with Crippen LogP contribution in [0.5, 0.6) is 11.6 Å². The summed E-state index contributed by atoms with van der Waals surface area (Å²) in [4.78, 5) is 18.3. The zero-order chi connectivity index (χ0) is 17.5. The molecule has 25 heavy (non-hydrogen) atoms. The first-order chi connectivity index (χ1) is 12.2. The second kappa shape index (κ2) is 8.48. The van der Waals surface area contributed by atoms with Gasteiger partial charge in [0.25, 0.3) is 0 Å². The number of amides is 2. The molecule has 2 aromatic rings. The fourth-order valence-electron chi connectivity index (χ4n) is 2.79. The van der Waals surface area contributed by atoms with Gasteiger partial charge in [0.2, 0.25) is 5.88 Å². The second-order valence-electron chi connectivity index (χ2n) is 6.02. The van der Waals surface area contributed by atoms with Crippen LogP contribution in [0.2, 0.25) is 0 Å². The van der Waals surface area contributed by atoms with Gasteiger partial charge in [-0.1, -0.05) is 24.3 Å². The Balaban J connectivity index is 1.49. The zero-order valence-corrected chi connectivity index (χ0v) is 14.4. The number of carbonyl (C=O) groups excluding carboxylic acids is 1. The summed E-state index contributed by atoms with van der Waals surface area (Å²) >= 11 is 0. The van der Waals surface area contributed by atoms with Gasteiger partial charge < -0.3 is 19.7 Å². The molecule has 0 spiro atoms. The third kappa shape index (κ3) is 4.93. The normalized spacial score (nSPS) is 17.2. The summed E-state index contributed by atoms with van der Waals surface area (Å²) in [5.74, 6) is 1.27. The van der Waals surface area contributed by atoms with Gasteiger partial charge in [-0.15, -0.1) is 0 Å². The minimum Gasteiger partial charge on any atom is -0.439 e. The molecule has 2 amide bonds. The van der Waals surface area contributed by atoms with Crippen molar-refractivity contribution in [2.24, 2.45) is 0 Å². The maximum absolute atomic E-state index is 12.3. The molecule has 1 aliphatic heterocycles. The molecule has 2 heterocycles. The Kier molecular flexibility index (Phi) is 5.85. The molecule has 1 aromatic heterocycles. The predicted molar refractivity (Wildman–Crippen MR) is 94.6 cm³/mol. The smallest absolute Gasteiger partial charge is 0.317 e. The first kappa shape index (κ1) is 17.2. The van der Waals surface area contributed by atoms with Crippen LogP contribution >= 0.6 is 0 Å². The van der Waals surface area contributed by atoms with Gasteiger partial charge in [0.15, 0.2) is 0 Å². The van der Waals surface area contributed by atoms with Gasteiger partial charge in [0.05, 0.1) is 6.10 Å². The third-order valence-electron chi connectivity index (χ3n) is 4.21.